The molecule has 0 saturated carbocycles. The Morgan fingerprint density at radius 3 is 2.49 bits per heavy atom. The first kappa shape index (κ1) is 26.5. The summed E-state index contributed by atoms with van der Waals surface area (Å²) in [6.07, 6.45) is 1.17. The molecule has 2 aliphatic rings. The van der Waals surface area contributed by atoms with E-state index in [1.54, 1.807) is 17.0 Å². The van der Waals surface area contributed by atoms with Crippen molar-refractivity contribution >= 4 is 38.8 Å². The lowest BCUT2D eigenvalue weighted by molar-refractivity contribution is -0.112. The van der Waals surface area contributed by atoms with E-state index in [1.165, 1.54) is 32.7 Å². The molecule has 0 atom stereocenters. The predicted molar refractivity (Wildman–Crippen MR) is 145 cm³/mol. The molecule has 1 amide bonds. The standard InChI is InChI=1S/C26H28N6O6S/c1-17-4-9-21-20(14-17)22(26(33)32(21)16-31-10-12-38-13-11-31)29-18-5-7-19(8-6-18)39(34,35)30-24-23(36-2)25(37-3)28-15-27-24/h4-9,14-15H,10-13,16H2,1-3H3,(H,27,28,30). The van der Waals surface area contributed by atoms with E-state index in [2.05, 4.69) is 24.6 Å². The van der Waals surface area contributed by atoms with Gasteiger partial charge >= 0.3 is 0 Å². The molecule has 5 rings (SSSR count). The van der Waals surface area contributed by atoms with Crippen molar-refractivity contribution in [3.8, 4) is 11.6 Å². The number of aromatic nitrogens is 2. The number of carbonyl (C=O) groups is 1. The molecule has 1 fully saturated rings. The lowest BCUT2D eigenvalue weighted by atomic mass is 10.1. The first-order chi connectivity index (χ1) is 18.8. The molecular weight excluding hydrogens is 524 g/mol. The van der Waals surface area contributed by atoms with Crippen LogP contribution in [0.4, 0.5) is 17.2 Å². The molecule has 1 saturated heterocycles. The fraction of sp³-hybridized carbons (Fsp3) is 0.308. The third-order valence-electron chi connectivity index (χ3n) is 6.38. The predicted octanol–water partition coefficient (Wildman–Crippen LogP) is 2.36. The van der Waals surface area contributed by atoms with Crippen LogP contribution in [0.5, 0.6) is 11.6 Å². The highest BCUT2D eigenvalue weighted by atomic mass is 32.2. The van der Waals surface area contributed by atoms with Crippen molar-refractivity contribution in [2.24, 2.45) is 4.99 Å². The molecule has 0 unspecified atom stereocenters. The second-order valence-electron chi connectivity index (χ2n) is 8.95. The van der Waals surface area contributed by atoms with Crippen molar-refractivity contribution in [1.82, 2.24) is 14.9 Å². The van der Waals surface area contributed by atoms with Crippen LogP contribution >= 0.6 is 0 Å². The number of benzene rings is 2. The molecule has 2 aliphatic heterocycles. The number of aryl methyl sites for hydroxylation is 1. The lowest BCUT2D eigenvalue weighted by Crippen LogP contribution is -2.45. The third-order valence-corrected chi connectivity index (χ3v) is 7.73. The molecule has 0 bridgehead atoms. The van der Waals surface area contributed by atoms with Crippen LogP contribution in [-0.2, 0) is 19.6 Å². The van der Waals surface area contributed by atoms with Gasteiger partial charge in [0.05, 0.1) is 50.4 Å². The topological polar surface area (TPSA) is 136 Å². The highest BCUT2D eigenvalue weighted by Gasteiger charge is 2.35. The summed E-state index contributed by atoms with van der Waals surface area (Å²) in [4.78, 5) is 29.9. The molecular formula is C26H28N6O6S. The van der Waals surface area contributed by atoms with Gasteiger partial charge in [-0.15, -0.1) is 0 Å². The first-order valence-corrected chi connectivity index (χ1v) is 13.7. The Morgan fingerprint density at radius 2 is 1.79 bits per heavy atom. The monoisotopic (exact) mass is 552 g/mol. The zero-order valence-corrected chi connectivity index (χ0v) is 22.6. The quantitative estimate of drug-likeness (QED) is 0.447. The minimum atomic E-state index is -4.02. The van der Waals surface area contributed by atoms with Crippen LogP contribution in [0.2, 0.25) is 0 Å². The van der Waals surface area contributed by atoms with E-state index >= 15 is 0 Å². The second kappa shape index (κ2) is 11.0. The number of methoxy groups -OCH3 is 2. The molecule has 0 aliphatic carbocycles. The van der Waals surface area contributed by atoms with Crippen LogP contribution in [0.15, 0.2) is 58.7 Å². The molecule has 39 heavy (non-hydrogen) atoms. The highest BCUT2D eigenvalue weighted by Crippen LogP contribution is 2.34. The number of ether oxygens (including phenoxy) is 3. The number of anilines is 2. The maximum Gasteiger partial charge on any atom is 0.278 e. The first-order valence-electron chi connectivity index (χ1n) is 12.2. The van der Waals surface area contributed by atoms with Gasteiger partial charge in [-0.2, -0.15) is 4.98 Å². The number of hydrogen-bond acceptors (Lipinski definition) is 10. The van der Waals surface area contributed by atoms with Gasteiger partial charge in [-0.05, 0) is 43.3 Å². The van der Waals surface area contributed by atoms with Gasteiger partial charge in [0.15, 0.2) is 5.82 Å². The van der Waals surface area contributed by atoms with Crippen molar-refractivity contribution in [1.29, 1.82) is 0 Å². The Kier molecular flexibility index (Phi) is 7.46. The molecule has 3 aromatic rings. The van der Waals surface area contributed by atoms with Gasteiger partial charge in [-0.3, -0.25) is 19.3 Å². The molecule has 2 aromatic carbocycles. The van der Waals surface area contributed by atoms with Crippen LogP contribution < -0.4 is 19.1 Å². The van der Waals surface area contributed by atoms with E-state index < -0.39 is 10.0 Å². The fourth-order valence-electron chi connectivity index (χ4n) is 4.39. The molecule has 0 radical (unpaired) electrons. The molecule has 13 heteroatoms. The number of sulfonamides is 1. The van der Waals surface area contributed by atoms with Crippen LogP contribution in [0.25, 0.3) is 0 Å². The van der Waals surface area contributed by atoms with Crippen LogP contribution in [0, 0.1) is 6.92 Å². The van der Waals surface area contributed by atoms with Crippen LogP contribution in [0.1, 0.15) is 11.1 Å². The summed E-state index contributed by atoms with van der Waals surface area (Å²) in [7, 11) is -1.27. The third kappa shape index (κ3) is 5.41. The molecule has 1 aromatic heterocycles. The minimum Gasteiger partial charge on any atom is -0.489 e. The lowest BCUT2D eigenvalue weighted by Gasteiger charge is -2.30. The largest absolute Gasteiger partial charge is 0.489 e. The Hall–Kier alpha value is -4.07. The normalized spacial score (nSPS) is 16.8. The van der Waals surface area contributed by atoms with Gasteiger partial charge in [-0.25, -0.2) is 18.4 Å². The molecule has 204 valence electrons. The van der Waals surface area contributed by atoms with Gasteiger partial charge in [0.2, 0.25) is 5.75 Å². The van der Waals surface area contributed by atoms with Crippen LogP contribution in [-0.4, -0.2) is 82.1 Å². The fourth-order valence-corrected chi connectivity index (χ4v) is 5.41. The SMILES string of the molecule is COc1ncnc(NS(=O)(=O)c2ccc(N=C3C(=O)N(CN4CCOCC4)c4ccc(C)cc43)cc2)c1OC. The Bertz CT molecular complexity index is 1520. The van der Waals surface area contributed by atoms with E-state index in [9.17, 15) is 13.2 Å². The number of fused-ring (bicyclic) bond motifs is 1. The number of amides is 1. The van der Waals surface area contributed by atoms with Crippen LogP contribution in [0.3, 0.4) is 0 Å². The van der Waals surface area contributed by atoms with Crippen molar-refractivity contribution < 1.29 is 27.4 Å². The van der Waals surface area contributed by atoms with E-state index in [4.69, 9.17) is 14.2 Å². The van der Waals surface area contributed by atoms with Gasteiger partial charge in [-0.1, -0.05) is 11.6 Å². The van der Waals surface area contributed by atoms with E-state index in [1.807, 2.05) is 25.1 Å². The van der Waals surface area contributed by atoms with E-state index in [0.29, 0.717) is 31.3 Å². The summed E-state index contributed by atoms with van der Waals surface area (Å²) in [5, 5.41) is 0. The van der Waals surface area contributed by atoms with E-state index in [-0.39, 0.29) is 28.3 Å². The smallest absolute Gasteiger partial charge is 0.278 e. The highest BCUT2D eigenvalue weighted by molar-refractivity contribution is 7.92. The second-order valence-corrected chi connectivity index (χ2v) is 10.6. The Morgan fingerprint density at radius 1 is 1.05 bits per heavy atom. The number of carbonyl (C=O) groups excluding carboxylic acids is 1. The van der Waals surface area contributed by atoms with Gasteiger partial charge < -0.3 is 14.2 Å². The summed E-state index contributed by atoms with van der Waals surface area (Å²) in [6.45, 7) is 5.15. The van der Waals surface area contributed by atoms with Gasteiger partial charge in [0.25, 0.3) is 21.8 Å². The van der Waals surface area contributed by atoms with Gasteiger partial charge in [0, 0.05) is 18.7 Å². The molecule has 0 spiro atoms. The molecule has 1 N–H and O–H groups in total. The summed E-state index contributed by atoms with van der Waals surface area (Å²) < 4.78 is 44.2. The van der Waals surface area contributed by atoms with Gasteiger partial charge in [0.1, 0.15) is 12.0 Å². The minimum absolute atomic E-state index is 0.0194. The number of morpholine rings is 1. The number of rotatable bonds is 8. The number of nitrogens with zero attached hydrogens (tertiary/aromatic N) is 5. The summed E-state index contributed by atoms with van der Waals surface area (Å²) in [6, 6.07) is 11.8. The van der Waals surface area contributed by atoms with Crippen molar-refractivity contribution in [3.63, 3.8) is 0 Å². The zero-order valence-electron chi connectivity index (χ0n) is 21.7. The van der Waals surface area contributed by atoms with E-state index in [0.717, 1.165) is 29.9 Å². The average molecular weight is 553 g/mol. The Labute approximate surface area is 226 Å². The number of aliphatic imine (C=N–C) groups is 1. The number of nitrogens with one attached hydrogen (secondary N) is 1. The van der Waals surface area contributed by atoms with Crippen molar-refractivity contribution in [2.75, 3.05) is 56.8 Å². The van der Waals surface area contributed by atoms with Crippen molar-refractivity contribution in [3.05, 3.63) is 59.9 Å². The number of hydrogen-bond donors (Lipinski definition) is 1. The van der Waals surface area contributed by atoms with Crippen molar-refractivity contribution in [2.45, 2.75) is 11.8 Å². The maximum atomic E-state index is 13.5. The maximum absolute atomic E-state index is 13.5. The summed E-state index contributed by atoms with van der Waals surface area (Å²) in [5.41, 5.74) is 3.31. The zero-order chi connectivity index (χ0) is 27.6. The molecule has 12 nitrogen and oxygen atoms in total. The Balaban J connectivity index is 1.41. The average Bonchev–Trinajstić information content (AvgIpc) is 3.18. The summed E-state index contributed by atoms with van der Waals surface area (Å²) in [5.74, 6) is -0.111. The summed E-state index contributed by atoms with van der Waals surface area (Å²) >= 11 is 0. The molecule has 3 heterocycles.